The van der Waals surface area contributed by atoms with Gasteiger partial charge in [-0.05, 0) is 32.4 Å². The van der Waals surface area contributed by atoms with Crippen molar-refractivity contribution in [2.45, 2.75) is 32.7 Å². The minimum Gasteiger partial charge on any atom is -0.347 e. The van der Waals surface area contributed by atoms with Crippen LogP contribution in [0.3, 0.4) is 0 Å². The first-order valence-electron chi connectivity index (χ1n) is 5.53. The molecule has 0 atom stereocenters. The second-order valence-electron chi connectivity index (χ2n) is 4.61. The Balaban J connectivity index is 3.10. The average Bonchev–Trinajstić information content (AvgIpc) is 2.28. The molecule has 0 bridgehead atoms. The molecule has 1 aromatic carbocycles. The van der Waals surface area contributed by atoms with Crippen molar-refractivity contribution in [3.8, 4) is 0 Å². The van der Waals surface area contributed by atoms with Crippen LogP contribution in [0.25, 0.3) is 0 Å². The third kappa shape index (κ3) is 3.43. The number of halogens is 1. The SMILES string of the molecule is CCC(C)(C)NC(=O)c1ccc(Cl)cc1[N+](=O)[O-]. The zero-order valence-corrected chi connectivity index (χ0v) is 11.2. The van der Waals surface area contributed by atoms with Gasteiger partial charge >= 0.3 is 0 Å². The fourth-order valence-electron chi connectivity index (χ4n) is 1.31. The van der Waals surface area contributed by atoms with Crippen LogP contribution in [0.15, 0.2) is 18.2 Å². The molecule has 0 aliphatic carbocycles. The lowest BCUT2D eigenvalue weighted by Gasteiger charge is -2.24. The van der Waals surface area contributed by atoms with E-state index in [0.717, 1.165) is 6.42 Å². The summed E-state index contributed by atoms with van der Waals surface area (Å²) in [5.41, 5.74) is -0.678. The maximum atomic E-state index is 12.0. The van der Waals surface area contributed by atoms with Crippen molar-refractivity contribution in [3.63, 3.8) is 0 Å². The molecule has 0 fully saturated rings. The first kappa shape index (κ1) is 14.4. The minimum absolute atomic E-state index is 0.0194. The molecule has 5 nitrogen and oxygen atoms in total. The van der Waals surface area contributed by atoms with Crippen molar-refractivity contribution >= 4 is 23.2 Å². The smallest absolute Gasteiger partial charge is 0.283 e. The predicted molar refractivity (Wildman–Crippen MR) is 69.9 cm³/mol. The van der Waals surface area contributed by atoms with E-state index in [1.54, 1.807) is 0 Å². The third-order valence-electron chi connectivity index (χ3n) is 2.74. The number of nitro benzene ring substituents is 1. The number of carbonyl (C=O) groups excluding carboxylic acids is 1. The van der Waals surface area contributed by atoms with E-state index in [9.17, 15) is 14.9 Å². The normalized spacial score (nSPS) is 11.1. The second kappa shape index (κ2) is 5.35. The number of benzene rings is 1. The minimum atomic E-state index is -0.611. The van der Waals surface area contributed by atoms with Gasteiger partial charge in [-0.1, -0.05) is 18.5 Å². The number of amides is 1. The van der Waals surface area contributed by atoms with E-state index in [-0.39, 0.29) is 16.3 Å². The second-order valence-corrected chi connectivity index (χ2v) is 5.05. The number of carbonyl (C=O) groups is 1. The molecule has 0 aromatic heterocycles. The summed E-state index contributed by atoms with van der Waals surface area (Å²) in [6.07, 6.45) is 0.722. The van der Waals surface area contributed by atoms with Gasteiger partial charge in [-0.15, -0.1) is 0 Å². The molecule has 0 unspecified atom stereocenters. The molecule has 1 aromatic rings. The molecule has 0 heterocycles. The average molecular weight is 271 g/mol. The molecule has 0 spiro atoms. The van der Waals surface area contributed by atoms with Gasteiger partial charge in [0.15, 0.2) is 0 Å². The van der Waals surface area contributed by atoms with Crippen LogP contribution in [0, 0.1) is 10.1 Å². The fraction of sp³-hybridized carbons (Fsp3) is 0.417. The lowest BCUT2D eigenvalue weighted by Crippen LogP contribution is -2.42. The molecule has 0 radical (unpaired) electrons. The molecule has 6 heteroatoms. The van der Waals surface area contributed by atoms with Gasteiger partial charge in [-0.3, -0.25) is 14.9 Å². The summed E-state index contributed by atoms with van der Waals surface area (Å²) in [4.78, 5) is 22.3. The van der Waals surface area contributed by atoms with Gasteiger partial charge in [0.2, 0.25) is 0 Å². The Kier molecular flexibility index (Phi) is 4.29. The zero-order chi connectivity index (χ0) is 13.9. The highest BCUT2D eigenvalue weighted by atomic mass is 35.5. The molecule has 0 aliphatic rings. The third-order valence-corrected chi connectivity index (χ3v) is 2.97. The highest BCUT2D eigenvalue weighted by Crippen LogP contribution is 2.23. The van der Waals surface area contributed by atoms with Crippen LogP contribution in [0.4, 0.5) is 5.69 Å². The van der Waals surface area contributed by atoms with E-state index in [1.807, 2.05) is 20.8 Å². The van der Waals surface area contributed by atoms with Crippen LogP contribution >= 0.6 is 11.6 Å². The maximum Gasteiger partial charge on any atom is 0.283 e. The summed E-state index contributed by atoms with van der Waals surface area (Å²) in [7, 11) is 0. The number of nitrogens with zero attached hydrogens (tertiary/aromatic N) is 1. The number of hydrogen-bond donors (Lipinski definition) is 1. The summed E-state index contributed by atoms with van der Waals surface area (Å²) in [5, 5.41) is 13.9. The van der Waals surface area contributed by atoms with Gasteiger partial charge in [0, 0.05) is 16.6 Å². The van der Waals surface area contributed by atoms with Gasteiger partial charge in [0.05, 0.1) is 4.92 Å². The number of rotatable bonds is 4. The molecule has 0 saturated carbocycles. The van der Waals surface area contributed by atoms with E-state index in [2.05, 4.69) is 5.32 Å². The predicted octanol–water partition coefficient (Wildman–Crippen LogP) is 3.17. The van der Waals surface area contributed by atoms with Crippen molar-refractivity contribution in [3.05, 3.63) is 38.9 Å². The van der Waals surface area contributed by atoms with Crippen LogP contribution in [-0.4, -0.2) is 16.4 Å². The monoisotopic (exact) mass is 270 g/mol. The fourth-order valence-corrected chi connectivity index (χ4v) is 1.48. The van der Waals surface area contributed by atoms with Gasteiger partial charge in [0.1, 0.15) is 5.56 Å². The molecule has 1 rings (SSSR count). The first-order valence-corrected chi connectivity index (χ1v) is 5.91. The Morgan fingerprint density at radius 3 is 2.61 bits per heavy atom. The highest BCUT2D eigenvalue weighted by molar-refractivity contribution is 6.31. The van der Waals surface area contributed by atoms with Crippen molar-refractivity contribution in [2.24, 2.45) is 0 Å². The van der Waals surface area contributed by atoms with E-state index >= 15 is 0 Å². The zero-order valence-electron chi connectivity index (χ0n) is 10.5. The Morgan fingerprint density at radius 2 is 2.11 bits per heavy atom. The van der Waals surface area contributed by atoms with Gasteiger partial charge < -0.3 is 5.32 Å². The summed E-state index contributed by atoms with van der Waals surface area (Å²) < 4.78 is 0. The van der Waals surface area contributed by atoms with Gasteiger partial charge in [-0.25, -0.2) is 0 Å². The summed E-state index contributed by atoms with van der Waals surface area (Å²) >= 11 is 5.69. The van der Waals surface area contributed by atoms with Gasteiger partial charge in [-0.2, -0.15) is 0 Å². The molecule has 1 N–H and O–H groups in total. The van der Waals surface area contributed by atoms with E-state index < -0.39 is 16.4 Å². The molecular formula is C12H15ClN2O3. The molecule has 0 saturated heterocycles. The molecule has 0 aliphatic heterocycles. The van der Waals surface area contributed by atoms with Crippen molar-refractivity contribution in [1.82, 2.24) is 5.32 Å². The Bertz CT molecular complexity index is 486. The van der Waals surface area contributed by atoms with E-state index in [0.29, 0.717) is 0 Å². The molecule has 1 amide bonds. The van der Waals surface area contributed by atoms with Crippen LogP contribution in [0.1, 0.15) is 37.6 Å². The molecular weight excluding hydrogens is 256 g/mol. The van der Waals surface area contributed by atoms with Crippen LogP contribution < -0.4 is 5.32 Å². The quantitative estimate of drug-likeness (QED) is 0.675. The van der Waals surface area contributed by atoms with Gasteiger partial charge in [0.25, 0.3) is 11.6 Å². The largest absolute Gasteiger partial charge is 0.347 e. The first-order chi connectivity index (χ1) is 8.26. The lowest BCUT2D eigenvalue weighted by atomic mass is 10.0. The van der Waals surface area contributed by atoms with Crippen LogP contribution in [0.5, 0.6) is 0 Å². The maximum absolute atomic E-state index is 12.0. The van der Waals surface area contributed by atoms with Crippen LogP contribution in [-0.2, 0) is 0 Å². The van der Waals surface area contributed by atoms with E-state index in [4.69, 9.17) is 11.6 Å². The molecule has 98 valence electrons. The topological polar surface area (TPSA) is 72.2 Å². The Labute approximate surface area is 110 Å². The lowest BCUT2D eigenvalue weighted by molar-refractivity contribution is -0.385. The Hall–Kier alpha value is -1.62. The standard InChI is InChI=1S/C12H15ClN2O3/c1-4-12(2,3)14-11(16)9-6-5-8(13)7-10(9)15(17)18/h5-7H,4H2,1-3H3,(H,14,16). The summed E-state index contributed by atoms with van der Waals surface area (Å²) in [5.74, 6) is -0.467. The Morgan fingerprint density at radius 1 is 1.50 bits per heavy atom. The van der Waals surface area contributed by atoms with Crippen molar-refractivity contribution in [1.29, 1.82) is 0 Å². The molecule has 18 heavy (non-hydrogen) atoms. The summed E-state index contributed by atoms with van der Waals surface area (Å²) in [6, 6.07) is 4.00. The number of nitrogens with one attached hydrogen (secondary N) is 1. The summed E-state index contributed by atoms with van der Waals surface area (Å²) in [6.45, 7) is 5.63. The number of hydrogen-bond acceptors (Lipinski definition) is 3. The van der Waals surface area contributed by atoms with Crippen molar-refractivity contribution in [2.75, 3.05) is 0 Å². The van der Waals surface area contributed by atoms with Crippen LogP contribution in [0.2, 0.25) is 5.02 Å². The highest BCUT2D eigenvalue weighted by Gasteiger charge is 2.25. The number of nitro groups is 1. The van der Waals surface area contributed by atoms with E-state index in [1.165, 1.54) is 18.2 Å². The van der Waals surface area contributed by atoms with Crippen molar-refractivity contribution < 1.29 is 9.72 Å².